The van der Waals surface area contributed by atoms with E-state index < -0.39 is 21.7 Å². The van der Waals surface area contributed by atoms with E-state index in [9.17, 15) is 17.6 Å². The van der Waals surface area contributed by atoms with Gasteiger partial charge in [0.25, 0.3) is 5.91 Å². The van der Waals surface area contributed by atoms with Gasteiger partial charge >= 0.3 is 0 Å². The summed E-state index contributed by atoms with van der Waals surface area (Å²) in [6, 6.07) is 6.34. The van der Waals surface area contributed by atoms with Gasteiger partial charge in [-0.3, -0.25) is 4.79 Å². The third-order valence-corrected chi connectivity index (χ3v) is 5.07. The number of carbonyl (C=O) groups is 1. The fraction of sp³-hybridized carbons (Fsp3) is 0.154. The molecule has 0 unspecified atom stereocenters. The Hall–Kier alpha value is -1.71. The summed E-state index contributed by atoms with van der Waals surface area (Å²) in [5, 5.41) is 2.50. The zero-order valence-electron chi connectivity index (χ0n) is 11.2. The third-order valence-electron chi connectivity index (χ3n) is 2.63. The van der Waals surface area contributed by atoms with Crippen molar-refractivity contribution in [2.24, 2.45) is 0 Å². The van der Waals surface area contributed by atoms with Crippen LogP contribution in [-0.4, -0.2) is 27.4 Å². The van der Waals surface area contributed by atoms with Crippen LogP contribution in [0.2, 0.25) is 0 Å². The lowest BCUT2D eigenvalue weighted by atomic mass is 10.3. The number of benzene rings is 1. The number of furan rings is 1. The van der Waals surface area contributed by atoms with Crippen molar-refractivity contribution in [3.63, 3.8) is 0 Å². The highest BCUT2D eigenvalue weighted by molar-refractivity contribution is 9.10. The molecule has 0 aliphatic heterocycles. The highest BCUT2D eigenvalue weighted by Crippen LogP contribution is 2.22. The van der Waals surface area contributed by atoms with Gasteiger partial charge in [-0.15, -0.1) is 0 Å². The lowest BCUT2D eigenvalue weighted by molar-refractivity contribution is 0.0926. The molecule has 0 radical (unpaired) electrons. The summed E-state index contributed by atoms with van der Waals surface area (Å²) >= 11 is 3.00. The van der Waals surface area contributed by atoms with Crippen molar-refractivity contribution in [2.75, 3.05) is 13.1 Å². The summed E-state index contributed by atoms with van der Waals surface area (Å²) in [6.07, 6.45) is 1.36. The Kier molecular flexibility index (Phi) is 5.33. The van der Waals surface area contributed by atoms with E-state index in [2.05, 4.69) is 26.0 Å². The topological polar surface area (TPSA) is 88.4 Å². The Morgan fingerprint density at radius 2 is 2.05 bits per heavy atom. The minimum Gasteiger partial charge on any atom is -0.459 e. The molecule has 22 heavy (non-hydrogen) atoms. The van der Waals surface area contributed by atoms with Crippen LogP contribution in [0.5, 0.6) is 0 Å². The lowest BCUT2D eigenvalue weighted by Crippen LogP contribution is -2.34. The van der Waals surface area contributed by atoms with Crippen molar-refractivity contribution in [2.45, 2.75) is 4.90 Å². The Labute approximate surface area is 134 Å². The number of nitrogens with one attached hydrogen (secondary N) is 2. The van der Waals surface area contributed by atoms with Crippen LogP contribution >= 0.6 is 15.9 Å². The normalized spacial score (nSPS) is 11.4. The quantitative estimate of drug-likeness (QED) is 0.737. The van der Waals surface area contributed by atoms with Gasteiger partial charge in [-0.1, -0.05) is 0 Å². The van der Waals surface area contributed by atoms with Crippen LogP contribution in [-0.2, 0) is 10.0 Å². The first-order valence-electron chi connectivity index (χ1n) is 6.16. The van der Waals surface area contributed by atoms with Gasteiger partial charge in [0.15, 0.2) is 5.76 Å². The first-order valence-corrected chi connectivity index (χ1v) is 8.44. The Morgan fingerprint density at radius 1 is 1.27 bits per heavy atom. The molecule has 9 heteroatoms. The van der Waals surface area contributed by atoms with Gasteiger partial charge in [0.1, 0.15) is 5.82 Å². The molecular formula is C13H12BrFN2O4S. The minimum atomic E-state index is -3.80. The summed E-state index contributed by atoms with van der Waals surface area (Å²) in [7, 11) is -3.80. The van der Waals surface area contributed by atoms with Crippen LogP contribution in [0.3, 0.4) is 0 Å². The molecule has 1 heterocycles. The second-order valence-electron chi connectivity index (χ2n) is 4.21. The number of hydrogen-bond acceptors (Lipinski definition) is 4. The van der Waals surface area contributed by atoms with E-state index >= 15 is 0 Å². The van der Waals surface area contributed by atoms with Crippen LogP contribution in [0.4, 0.5) is 4.39 Å². The van der Waals surface area contributed by atoms with Crippen molar-refractivity contribution in [1.82, 2.24) is 10.0 Å². The molecule has 0 spiro atoms. The summed E-state index contributed by atoms with van der Waals surface area (Å²) in [4.78, 5) is 11.5. The van der Waals surface area contributed by atoms with Gasteiger partial charge in [0.05, 0.1) is 11.2 Å². The maximum atomic E-state index is 13.0. The van der Waals surface area contributed by atoms with E-state index in [1.54, 1.807) is 6.07 Å². The molecule has 1 amide bonds. The third kappa shape index (κ3) is 4.15. The molecule has 1 aromatic carbocycles. The van der Waals surface area contributed by atoms with E-state index in [4.69, 9.17) is 4.42 Å². The number of hydrogen-bond donors (Lipinski definition) is 2. The standard InChI is InChI=1S/C13H12BrFN2O4S/c14-10-8-9(15)3-4-12(10)22(19,20)17-6-5-16-13(18)11-2-1-7-21-11/h1-4,7-8,17H,5-6H2,(H,16,18). The van der Waals surface area contributed by atoms with Gasteiger partial charge in [-0.25, -0.2) is 17.5 Å². The van der Waals surface area contributed by atoms with Gasteiger partial charge in [0.2, 0.25) is 10.0 Å². The molecule has 0 bridgehead atoms. The first-order chi connectivity index (χ1) is 10.4. The van der Waals surface area contributed by atoms with Crippen LogP contribution in [0.15, 0.2) is 50.4 Å². The second-order valence-corrected chi connectivity index (χ2v) is 6.80. The number of halogens is 2. The van der Waals surface area contributed by atoms with Crippen molar-refractivity contribution < 1.29 is 22.0 Å². The first kappa shape index (κ1) is 16.7. The second kappa shape index (κ2) is 7.03. The molecule has 2 rings (SSSR count). The van der Waals surface area contributed by atoms with Gasteiger partial charge in [-0.05, 0) is 46.3 Å². The summed E-state index contributed by atoms with van der Waals surface area (Å²) in [6.45, 7) is 0.0657. The highest BCUT2D eigenvalue weighted by Gasteiger charge is 2.17. The lowest BCUT2D eigenvalue weighted by Gasteiger charge is -2.09. The molecule has 0 fully saturated rings. The van der Waals surface area contributed by atoms with Crippen molar-refractivity contribution in [3.05, 3.63) is 52.6 Å². The predicted octanol–water partition coefficient (Wildman–Crippen LogP) is 1.89. The molecule has 0 saturated heterocycles. The van der Waals surface area contributed by atoms with Crippen LogP contribution < -0.4 is 10.0 Å². The smallest absolute Gasteiger partial charge is 0.287 e. The number of rotatable bonds is 6. The van der Waals surface area contributed by atoms with E-state index in [-0.39, 0.29) is 28.2 Å². The predicted molar refractivity (Wildman–Crippen MR) is 80.3 cm³/mol. The molecule has 1 aromatic heterocycles. The molecule has 0 saturated carbocycles. The van der Waals surface area contributed by atoms with Crippen LogP contribution in [0.1, 0.15) is 10.6 Å². The monoisotopic (exact) mass is 390 g/mol. The molecule has 2 N–H and O–H groups in total. The Bertz CT molecular complexity index is 762. The number of carbonyl (C=O) groups excluding carboxylic acids is 1. The van der Waals surface area contributed by atoms with Gasteiger partial charge < -0.3 is 9.73 Å². The molecule has 0 aliphatic carbocycles. The van der Waals surface area contributed by atoms with Crippen molar-refractivity contribution in [3.8, 4) is 0 Å². The number of sulfonamides is 1. The van der Waals surface area contributed by atoms with Crippen molar-refractivity contribution >= 4 is 31.9 Å². The van der Waals surface area contributed by atoms with Crippen LogP contribution in [0, 0.1) is 5.82 Å². The molecule has 0 atom stereocenters. The maximum absolute atomic E-state index is 13.0. The average Bonchev–Trinajstić information content (AvgIpc) is 2.97. The zero-order chi connectivity index (χ0) is 16.2. The van der Waals surface area contributed by atoms with Gasteiger partial charge in [0, 0.05) is 17.6 Å². The maximum Gasteiger partial charge on any atom is 0.287 e. The van der Waals surface area contributed by atoms with Crippen LogP contribution in [0.25, 0.3) is 0 Å². The molecule has 118 valence electrons. The summed E-state index contributed by atoms with van der Waals surface area (Å²) < 4.78 is 44.4. The summed E-state index contributed by atoms with van der Waals surface area (Å²) in [5.74, 6) is -0.840. The van der Waals surface area contributed by atoms with E-state index in [1.807, 2.05) is 0 Å². The van der Waals surface area contributed by atoms with E-state index in [0.717, 1.165) is 18.2 Å². The fourth-order valence-corrected chi connectivity index (χ4v) is 3.71. The Morgan fingerprint density at radius 3 is 2.68 bits per heavy atom. The highest BCUT2D eigenvalue weighted by atomic mass is 79.9. The van der Waals surface area contributed by atoms with Crippen molar-refractivity contribution in [1.29, 1.82) is 0 Å². The number of amides is 1. The molecule has 0 aliphatic rings. The van der Waals surface area contributed by atoms with E-state index in [0.29, 0.717) is 0 Å². The summed E-state index contributed by atoms with van der Waals surface area (Å²) in [5.41, 5.74) is 0. The largest absolute Gasteiger partial charge is 0.459 e. The van der Waals surface area contributed by atoms with E-state index in [1.165, 1.54) is 12.3 Å². The fourth-order valence-electron chi connectivity index (χ4n) is 1.63. The molecular weight excluding hydrogens is 379 g/mol. The molecule has 6 nitrogen and oxygen atoms in total. The molecule has 2 aromatic rings. The Balaban J connectivity index is 1.89. The SMILES string of the molecule is O=C(NCCNS(=O)(=O)c1ccc(F)cc1Br)c1ccco1. The minimum absolute atomic E-state index is 0.0153. The van der Waals surface area contributed by atoms with Gasteiger partial charge in [-0.2, -0.15) is 0 Å². The zero-order valence-corrected chi connectivity index (χ0v) is 13.6. The average molecular weight is 391 g/mol.